The van der Waals surface area contributed by atoms with Crippen LogP contribution in [0.4, 0.5) is 4.39 Å². The van der Waals surface area contributed by atoms with E-state index in [9.17, 15) is 14.3 Å². The highest BCUT2D eigenvalue weighted by Gasteiger charge is 2.19. The summed E-state index contributed by atoms with van der Waals surface area (Å²) in [7, 11) is 0. The third-order valence-corrected chi connectivity index (χ3v) is 3.81. The maximum atomic E-state index is 13.8. The van der Waals surface area contributed by atoms with Gasteiger partial charge in [-0.2, -0.15) is 0 Å². The molecule has 0 aliphatic rings. The van der Waals surface area contributed by atoms with E-state index in [1.54, 1.807) is 18.2 Å². The molecule has 1 aromatic heterocycles. The molecule has 5 nitrogen and oxygen atoms in total. The lowest BCUT2D eigenvalue weighted by atomic mass is 10.0. The van der Waals surface area contributed by atoms with E-state index in [2.05, 4.69) is 10.5 Å². The number of nitrogens with zero attached hydrogens (tertiary/aromatic N) is 1. The molecule has 3 rings (SSSR count). The van der Waals surface area contributed by atoms with Crippen molar-refractivity contribution in [2.75, 3.05) is 6.61 Å². The van der Waals surface area contributed by atoms with Gasteiger partial charge in [-0.1, -0.05) is 47.6 Å². The first-order chi connectivity index (χ1) is 12.2. The molecule has 0 aliphatic heterocycles. The van der Waals surface area contributed by atoms with Crippen LogP contribution in [0.15, 0.2) is 65.2 Å². The minimum absolute atomic E-state index is 0.0529. The number of halogens is 1. The summed E-state index contributed by atoms with van der Waals surface area (Å²) in [6, 6.07) is 16.5. The zero-order valence-corrected chi connectivity index (χ0v) is 13.4. The van der Waals surface area contributed by atoms with Crippen LogP contribution >= 0.6 is 0 Å². The summed E-state index contributed by atoms with van der Waals surface area (Å²) in [5.74, 6) is -0.719. The van der Waals surface area contributed by atoms with E-state index in [0.717, 1.165) is 5.56 Å². The number of carbonyl (C=O) groups excluding carboxylic acids is 1. The van der Waals surface area contributed by atoms with Crippen LogP contribution < -0.4 is 5.32 Å². The van der Waals surface area contributed by atoms with Crippen LogP contribution in [0, 0.1) is 5.82 Å². The van der Waals surface area contributed by atoms with Gasteiger partial charge in [0.1, 0.15) is 5.82 Å². The number of amides is 1. The van der Waals surface area contributed by atoms with E-state index in [0.29, 0.717) is 6.42 Å². The Kier molecular flexibility index (Phi) is 5.20. The predicted molar refractivity (Wildman–Crippen MR) is 90.2 cm³/mol. The van der Waals surface area contributed by atoms with Gasteiger partial charge in [-0.15, -0.1) is 0 Å². The van der Waals surface area contributed by atoms with Crippen LogP contribution in [0.2, 0.25) is 0 Å². The van der Waals surface area contributed by atoms with Crippen molar-refractivity contribution in [3.8, 4) is 11.3 Å². The van der Waals surface area contributed by atoms with E-state index in [1.807, 2.05) is 30.3 Å². The second kappa shape index (κ2) is 7.72. The first-order valence-corrected chi connectivity index (χ1v) is 7.87. The number of hydrogen-bond donors (Lipinski definition) is 2. The fraction of sp³-hybridized carbons (Fsp3) is 0.158. The van der Waals surface area contributed by atoms with Crippen molar-refractivity contribution in [1.82, 2.24) is 10.5 Å². The molecule has 3 aromatic rings. The van der Waals surface area contributed by atoms with Crippen LogP contribution in [-0.2, 0) is 0 Å². The van der Waals surface area contributed by atoms with Crippen molar-refractivity contribution in [2.24, 2.45) is 0 Å². The van der Waals surface area contributed by atoms with Gasteiger partial charge >= 0.3 is 0 Å². The monoisotopic (exact) mass is 340 g/mol. The average Bonchev–Trinajstić information content (AvgIpc) is 3.12. The minimum atomic E-state index is -0.451. The molecule has 0 bridgehead atoms. The SMILES string of the molecule is O=C(NC(CCO)c1ccccc1)c1cc(-c2ccccc2F)on1. The standard InChI is InChI=1S/C19H17FN2O3/c20-15-9-5-4-8-14(15)18-12-17(22-25-18)19(24)21-16(10-11-23)13-6-2-1-3-7-13/h1-9,12,16,23H,10-11H2,(H,21,24). The fourth-order valence-electron chi connectivity index (χ4n) is 2.54. The molecular weight excluding hydrogens is 323 g/mol. The van der Waals surface area contributed by atoms with Crippen molar-refractivity contribution in [3.05, 3.63) is 77.7 Å². The van der Waals surface area contributed by atoms with Gasteiger partial charge in [0.15, 0.2) is 11.5 Å². The number of aliphatic hydroxyl groups excluding tert-OH is 1. The third-order valence-electron chi connectivity index (χ3n) is 3.81. The molecule has 0 aliphatic carbocycles. The van der Waals surface area contributed by atoms with Crippen molar-refractivity contribution >= 4 is 5.91 Å². The van der Waals surface area contributed by atoms with Gasteiger partial charge < -0.3 is 14.9 Å². The predicted octanol–water partition coefficient (Wildman–Crippen LogP) is 3.33. The highest BCUT2D eigenvalue weighted by molar-refractivity contribution is 5.93. The molecule has 0 saturated carbocycles. The number of aromatic nitrogens is 1. The molecule has 1 amide bonds. The lowest BCUT2D eigenvalue weighted by molar-refractivity contribution is 0.0921. The molecular formula is C19H17FN2O3. The summed E-state index contributed by atoms with van der Waals surface area (Å²) in [4.78, 5) is 12.4. The molecule has 0 saturated heterocycles. The average molecular weight is 340 g/mol. The highest BCUT2D eigenvalue weighted by Crippen LogP contribution is 2.24. The molecule has 2 aromatic carbocycles. The summed E-state index contributed by atoms with van der Waals surface area (Å²) in [5.41, 5.74) is 1.17. The number of aliphatic hydroxyl groups is 1. The molecule has 0 fully saturated rings. The maximum absolute atomic E-state index is 13.8. The van der Waals surface area contributed by atoms with Gasteiger partial charge in [-0.25, -0.2) is 4.39 Å². The van der Waals surface area contributed by atoms with Gasteiger partial charge in [0.25, 0.3) is 5.91 Å². The minimum Gasteiger partial charge on any atom is -0.396 e. The summed E-state index contributed by atoms with van der Waals surface area (Å²) in [6.45, 7) is -0.0703. The molecule has 1 unspecified atom stereocenters. The van der Waals surface area contributed by atoms with E-state index >= 15 is 0 Å². The number of carbonyl (C=O) groups is 1. The molecule has 128 valence electrons. The molecule has 1 atom stereocenters. The Morgan fingerprint density at radius 2 is 1.88 bits per heavy atom. The molecule has 1 heterocycles. The van der Waals surface area contributed by atoms with Crippen molar-refractivity contribution in [3.63, 3.8) is 0 Å². The van der Waals surface area contributed by atoms with E-state index < -0.39 is 11.7 Å². The Labute approximate surface area is 144 Å². The summed E-state index contributed by atoms with van der Waals surface area (Å²) in [6.07, 6.45) is 0.369. The van der Waals surface area contributed by atoms with Gasteiger partial charge in [0, 0.05) is 12.7 Å². The first kappa shape index (κ1) is 16.9. The first-order valence-electron chi connectivity index (χ1n) is 7.87. The number of hydrogen-bond acceptors (Lipinski definition) is 4. The lowest BCUT2D eigenvalue weighted by Gasteiger charge is -2.17. The Hall–Kier alpha value is -2.99. The highest BCUT2D eigenvalue weighted by atomic mass is 19.1. The molecule has 6 heteroatoms. The van der Waals surface area contributed by atoms with E-state index in [1.165, 1.54) is 12.1 Å². The number of benzene rings is 2. The lowest BCUT2D eigenvalue weighted by Crippen LogP contribution is -2.29. The molecule has 25 heavy (non-hydrogen) atoms. The Balaban J connectivity index is 1.78. The van der Waals surface area contributed by atoms with Crippen LogP contribution in [-0.4, -0.2) is 22.8 Å². The zero-order chi connectivity index (χ0) is 17.6. The second-order valence-electron chi connectivity index (χ2n) is 5.51. The van der Waals surface area contributed by atoms with Gasteiger partial charge in [-0.3, -0.25) is 4.79 Å². The Morgan fingerprint density at radius 3 is 2.60 bits per heavy atom. The van der Waals surface area contributed by atoms with E-state index in [-0.39, 0.29) is 29.7 Å². The molecule has 2 N–H and O–H groups in total. The van der Waals surface area contributed by atoms with Crippen LogP contribution in [0.3, 0.4) is 0 Å². The summed E-state index contributed by atoms with van der Waals surface area (Å²) in [5, 5.41) is 15.8. The smallest absolute Gasteiger partial charge is 0.273 e. The summed E-state index contributed by atoms with van der Waals surface area (Å²) < 4.78 is 18.9. The topological polar surface area (TPSA) is 75.4 Å². The largest absolute Gasteiger partial charge is 0.396 e. The van der Waals surface area contributed by atoms with Gasteiger partial charge in [0.2, 0.25) is 0 Å². The van der Waals surface area contributed by atoms with E-state index in [4.69, 9.17) is 4.52 Å². The van der Waals surface area contributed by atoms with Crippen LogP contribution in [0.1, 0.15) is 28.5 Å². The Bertz CT molecular complexity index is 849. The third kappa shape index (κ3) is 3.92. The van der Waals surface area contributed by atoms with Gasteiger partial charge in [-0.05, 0) is 24.1 Å². The summed E-state index contributed by atoms with van der Waals surface area (Å²) >= 11 is 0. The normalized spacial score (nSPS) is 11.9. The van der Waals surface area contributed by atoms with Crippen LogP contribution in [0.5, 0.6) is 0 Å². The van der Waals surface area contributed by atoms with Crippen molar-refractivity contribution in [1.29, 1.82) is 0 Å². The van der Waals surface area contributed by atoms with Crippen LogP contribution in [0.25, 0.3) is 11.3 Å². The van der Waals surface area contributed by atoms with Gasteiger partial charge in [0.05, 0.1) is 11.6 Å². The molecule has 0 radical (unpaired) electrons. The van der Waals surface area contributed by atoms with Crippen molar-refractivity contribution in [2.45, 2.75) is 12.5 Å². The molecule has 0 spiro atoms. The maximum Gasteiger partial charge on any atom is 0.273 e. The number of nitrogens with one attached hydrogen (secondary N) is 1. The fourth-order valence-corrected chi connectivity index (χ4v) is 2.54. The zero-order valence-electron chi connectivity index (χ0n) is 13.4. The van der Waals surface area contributed by atoms with Crippen molar-refractivity contribution < 1.29 is 18.8 Å². The second-order valence-corrected chi connectivity index (χ2v) is 5.51. The Morgan fingerprint density at radius 1 is 1.16 bits per heavy atom. The number of rotatable bonds is 6. The quantitative estimate of drug-likeness (QED) is 0.722.